The number of hydrogen-bond donors (Lipinski definition) is 0. The van der Waals surface area contributed by atoms with Crippen molar-refractivity contribution in [2.24, 2.45) is 0 Å². The Bertz CT molecular complexity index is 1940. The number of hydrogen-bond acceptors (Lipinski definition) is 5. The van der Waals surface area contributed by atoms with Crippen LogP contribution < -0.4 is 10.4 Å². The second-order valence-corrected chi connectivity index (χ2v) is 10.5. The van der Waals surface area contributed by atoms with E-state index in [0.29, 0.717) is 23.3 Å². The van der Waals surface area contributed by atoms with Crippen molar-refractivity contribution >= 4 is 121 Å². The highest BCUT2D eigenvalue weighted by molar-refractivity contribution is 14.1. The van der Waals surface area contributed by atoms with Gasteiger partial charge in [0, 0.05) is 28.7 Å². The summed E-state index contributed by atoms with van der Waals surface area (Å²) >= 11 is 5.73. The number of nitriles is 3. The molecule has 0 aliphatic carbocycles. The molecule has 33 heavy (non-hydrogen) atoms. The van der Waals surface area contributed by atoms with Gasteiger partial charge in [0.05, 0.1) is 10.4 Å². The Morgan fingerprint density at radius 1 is 0.697 bits per heavy atom. The normalized spacial score (nSPS) is 12.2. The summed E-state index contributed by atoms with van der Waals surface area (Å²) in [6, 6.07) is 11.7. The largest absolute Gasteiger partial charge is 0.452 e. The molecule has 10 heteroatoms. The molecule has 158 valence electrons. The van der Waals surface area contributed by atoms with Gasteiger partial charge in [-0.3, -0.25) is 0 Å². The topological polar surface area (TPSA) is 97.6 Å². The molecule has 2 heterocycles. The van der Waals surface area contributed by atoms with Crippen LogP contribution in [-0.4, -0.2) is 0 Å². The Balaban J connectivity index is 2.36. The van der Waals surface area contributed by atoms with Crippen molar-refractivity contribution in [2.75, 3.05) is 0 Å². The summed E-state index contributed by atoms with van der Waals surface area (Å²) in [7, 11) is 0. The molecule has 0 radical (unpaired) electrons. The van der Waals surface area contributed by atoms with Gasteiger partial charge < -0.3 is 8.83 Å². The van der Waals surface area contributed by atoms with Gasteiger partial charge in [0.2, 0.25) is 0 Å². The zero-order chi connectivity index (χ0) is 23.6. The number of halogens is 5. The van der Waals surface area contributed by atoms with Crippen LogP contribution in [0.4, 0.5) is 8.78 Å². The summed E-state index contributed by atoms with van der Waals surface area (Å²) < 4.78 is 42.9. The highest BCUT2D eigenvalue weighted by atomic mass is 127. The second kappa shape index (κ2) is 8.08. The van der Waals surface area contributed by atoms with Gasteiger partial charge in [-0.05, 0) is 92.0 Å². The molecule has 3 aromatic carbocycles. The van der Waals surface area contributed by atoms with Crippen molar-refractivity contribution in [3.63, 3.8) is 0 Å². The third-order valence-electron chi connectivity index (χ3n) is 5.16. The summed E-state index contributed by atoms with van der Waals surface area (Å²) in [5.41, 5.74) is -0.298. The van der Waals surface area contributed by atoms with E-state index in [4.69, 9.17) is 8.83 Å². The molecule has 5 rings (SSSR count). The molecule has 0 aliphatic rings. The first kappa shape index (κ1) is 22.3. The van der Waals surface area contributed by atoms with Crippen LogP contribution in [0, 0.1) is 52.8 Å². The molecule has 0 amide bonds. The highest BCUT2D eigenvalue weighted by Gasteiger charge is 2.25. The van der Waals surface area contributed by atoms with Crippen molar-refractivity contribution < 1.29 is 17.6 Å². The fraction of sp³-hybridized carbons (Fsp3) is 0. The highest BCUT2D eigenvalue weighted by Crippen LogP contribution is 2.35. The molecule has 0 saturated carbocycles. The van der Waals surface area contributed by atoms with Crippen molar-refractivity contribution in [3.8, 4) is 18.2 Å². The Morgan fingerprint density at radius 3 is 1.61 bits per heavy atom. The van der Waals surface area contributed by atoms with Gasteiger partial charge in [0.1, 0.15) is 38.5 Å². The maximum atomic E-state index is 14.8. The first-order valence-corrected chi connectivity index (χ1v) is 12.2. The van der Waals surface area contributed by atoms with Crippen LogP contribution in [0.25, 0.3) is 53.0 Å². The predicted octanol–water partition coefficient (Wildman–Crippen LogP) is 6.24. The Labute approximate surface area is 223 Å². The van der Waals surface area contributed by atoms with E-state index in [1.165, 1.54) is 12.1 Å². The smallest absolute Gasteiger partial charge is 0.171 e. The predicted molar refractivity (Wildman–Crippen MR) is 143 cm³/mol. The van der Waals surface area contributed by atoms with E-state index < -0.39 is 11.6 Å². The summed E-state index contributed by atoms with van der Waals surface area (Å²) in [4.78, 5) is 0. The summed E-state index contributed by atoms with van der Waals surface area (Å²) in [5.74, 6) is -1.26. The maximum absolute atomic E-state index is 14.8. The average Bonchev–Trinajstić information content (AvgIpc) is 3.33. The maximum Gasteiger partial charge on any atom is 0.171 e. The number of fused-ring (bicyclic) bond motifs is 6. The van der Waals surface area contributed by atoms with Crippen LogP contribution in [0.2, 0.25) is 0 Å². The number of rotatable bonds is 0. The molecule has 0 unspecified atom stereocenters. The minimum Gasteiger partial charge on any atom is -0.452 e. The number of nitrogens with zero attached hydrogens (tertiary/aromatic N) is 3. The fourth-order valence-electron chi connectivity index (χ4n) is 3.97. The van der Waals surface area contributed by atoms with Gasteiger partial charge in [0.15, 0.2) is 22.8 Å². The van der Waals surface area contributed by atoms with Crippen LogP contribution in [0.3, 0.4) is 0 Å². The van der Waals surface area contributed by atoms with Crippen LogP contribution in [0.15, 0.2) is 33.1 Å². The van der Waals surface area contributed by atoms with E-state index in [0.717, 1.165) is 0 Å². The lowest BCUT2D eigenvalue weighted by Gasteiger charge is -2.00. The minimum absolute atomic E-state index is 0.0536. The van der Waals surface area contributed by atoms with Gasteiger partial charge in [-0.1, -0.05) is 0 Å². The Morgan fingerprint density at radius 2 is 1.15 bits per heavy atom. The van der Waals surface area contributed by atoms with Crippen molar-refractivity contribution in [1.29, 1.82) is 15.8 Å². The van der Waals surface area contributed by atoms with Crippen molar-refractivity contribution in [3.05, 3.63) is 53.5 Å². The van der Waals surface area contributed by atoms with Crippen molar-refractivity contribution in [1.82, 2.24) is 0 Å². The molecule has 0 saturated heterocycles. The van der Waals surface area contributed by atoms with Gasteiger partial charge in [-0.25, -0.2) is 8.78 Å². The standard InChI is InChI=1S/C23H4F2I3N3O2/c24-13-3-9(26)1-11-17-16(8(5-29)6-30)22-18(12-2-10(27)4-14(25)21(12)32-22)19(15(28)7-31)23(17)33-20(11)13/h1-4H/b19-15-. The van der Waals surface area contributed by atoms with Crippen LogP contribution in [0.5, 0.6) is 0 Å². The van der Waals surface area contributed by atoms with E-state index in [9.17, 15) is 24.6 Å². The lowest BCUT2D eigenvalue weighted by Crippen LogP contribution is -2.15. The van der Waals surface area contributed by atoms with E-state index >= 15 is 0 Å². The summed E-state index contributed by atoms with van der Waals surface area (Å²) in [6.45, 7) is 0. The first-order valence-electron chi connectivity index (χ1n) is 8.99. The minimum atomic E-state index is -0.630. The molecular weight excluding hydrogens is 769 g/mol. The average molecular weight is 773 g/mol. The molecule has 0 N–H and O–H groups in total. The molecule has 0 spiro atoms. The monoisotopic (exact) mass is 773 g/mol. The Hall–Kier alpha value is -2.48. The van der Waals surface area contributed by atoms with Gasteiger partial charge in [-0.15, -0.1) is 0 Å². The SMILES string of the molecule is N#CC(C#N)=c1c2oc3c(F)cc(I)cc3c2/c(=C(/I)C#N)c2oc3c(F)cc(I)cc3c12. The lowest BCUT2D eigenvalue weighted by molar-refractivity contribution is 0.581. The molecule has 2 aromatic heterocycles. The van der Waals surface area contributed by atoms with Crippen LogP contribution in [-0.2, 0) is 0 Å². The van der Waals surface area contributed by atoms with Gasteiger partial charge >= 0.3 is 0 Å². The summed E-state index contributed by atoms with van der Waals surface area (Å²) in [6.07, 6.45) is 0. The summed E-state index contributed by atoms with van der Waals surface area (Å²) in [5, 5.41) is 30.8. The molecule has 0 bridgehead atoms. The van der Waals surface area contributed by atoms with E-state index in [2.05, 4.69) is 6.07 Å². The fourth-order valence-corrected chi connectivity index (χ4v) is 5.65. The van der Waals surface area contributed by atoms with Crippen LogP contribution in [0.1, 0.15) is 0 Å². The van der Waals surface area contributed by atoms with Crippen LogP contribution >= 0.6 is 67.8 Å². The number of benzene rings is 3. The van der Waals surface area contributed by atoms with Gasteiger partial charge in [0.25, 0.3) is 0 Å². The third-order valence-corrected chi connectivity index (χ3v) is 7.19. The molecule has 0 aliphatic heterocycles. The van der Waals surface area contributed by atoms with E-state index in [1.54, 1.807) is 12.1 Å². The zero-order valence-corrected chi connectivity index (χ0v) is 22.3. The molecule has 0 atom stereocenters. The lowest BCUT2D eigenvalue weighted by atomic mass is 10.0. The first-order chi connectivity index (χ1) is 15.8. The molecule has 5 aromatic rings. The number of furan rings is 2. The molecular formula is C23H4F2I3N3O2. The quantitative estimate of drug-likeness (QED) is 0.174. The Kier molecular flexibility index (Phi) is 5.46. The zero-order valence-electron chi connectivity index (χ0n) is 15.9. The molecule has 5 nitrogen and oxygen atoms in total. The third kappa shape index (κ3) is 3.21. The second-order valence-electron chi connectivity index (χ2n) is 6.92. The van der Waals surface area contributed by atoms with E-state index in [-0.39, 0.29) is 47.3 Å². The van der Waals surface area contributed by atoms with Gasteiger partial charge in [-0.2, -0.15) is 15.8 Å². The van der Waals surface area contributed by atoms with E-state index in [1.807, 2.05) is 79.9 Å². The molecule has 0 fully saturated rings. The van der Waals surface area contributed by atoms with Crippen molar-refractivity contribution in [2.45, 2.75) is 0 Å².